The third kappa shape index (κ3) is 4.67. The molecule has 3 aliphatic rings. The third-order valence-corrected chi connectivity index (χ3v) is 9.72. The first-order chi connectivity index (χ1) is 14.8. The summed E-state index contributed by atoms with van der Waals surface area (Å²) in [6.07, 6.45) is 2.54. The minimum atomic E-state index is -3.65. The maximum absolute atomic E-state index is 13.2. The van der Waals surface area contributed by atoms with E-state index in [4.69, 9.17) is 4.74 Å². The van der Waals surface area contributed by atoms with Gasteiger partial charge in [-0.15, -0.1) is 11.3 Å². The zero-order valence-electron chi connectivity index (χ0n) is 18.1. The van der Waals surface area contributed by atoms with E-state index in [1.54, 1.807) is 22.4 Å². The van der Waals surface area contributed by atoms with E-state index in [9.17, 15) is 18.0 Å². The van der Waals surface area contributed by atoms with Gasteiger partial charge in [-0.3, -0.25) is 9.59 Å². The fraction of sp³-hybridized carbons (Fsp3) is 0.714. The first-order valence-corrected chi connectivity index (χ1v) is 13.4. The summed E-state index contributed by atoms with van der Waals surface area (Å²) in [4.78, 5) is 29.8. The van der Waals surface area contributed by atoms with Gasteiger partial charge in [-0.2, -0.15) is 4.31 Å². The molecule has 0 radical (unpaired) electrons. The summed E-state index contributed by atoms with van der Waals surface area (Å²) < 4.78 is 33.3. The lowest BCUT2D eigenvalue weighted by Gasteiger charge is -2.39. The van der Waals surface area contributed by atoms with Crippen LogP contribution in [0.4, 0.5) is 0 Å². The predicted octanol–water partition coefficient (Wildman–Crippen LogP) is 1.78. The van der Waals surface area contributed by atoms with Crippen molar-refractivity contribution in [1.82, 2.24) is 14.1 Å². The molecule has 0 saturated carbocycles. The molecule has 31 heavy (non-hydrogen) atoms. The van der Waals surface area contributed by atoms with Crippen LogP contribution in [0.2, 0.25) is 0 Å². The van der Waals surface area contributed by atoms with Crippen molar-refractivity contribution in [1.29, 1.82) is 0 Å². The Morgan fingerprint density at radius 2 is 1.68 bits per heavy atom. The number of nitrogens with zero attached hydrogens (tertiary/aromatic N) is 3. The summed E-state index contributed by atoms with van der Waals surface area (Å²) in [6, 6.07) is 2.66. The van der Waals surface area contributed by atoms with E-state index >= 15 is 0 Å². The Labute approximate surface area is 188 Å². The van der Waals surface area contributed by atoms with E-state index in [1.165, 1.54) is 15.6 Å². The molecule has 4 rings (SSSR count). The SMILES string of the molecule is CC1CN(C(=O)C2CCN(C(=O)C3CCCN3S(=O)(=O)c3cccs3)CC2)CC(C)O1. The van der Waals surface area contributed by atoms with Crippen LogP contribution in [0, 0.1) is 5.92 Å². The zero-order chi connectivity index (χ0) is 22.2. The quantitative estimate of drug-likeness (QED) is 0.671. The number of amides is 2. The highest BCUT2D eigenvalue weighted by atomic mass is 32.2. The average molecular weight is 470 g/mol. The molecule has 3 fully saturated rings. The van der Waals surface area contributed by atoms with E-state index in [1.807, 2.05) is 18.7 Å². The second kappa shape index (κ2) is 9.17. The van der Waals surface area contributed by atoms with Crippen LogP contribution >= 0.6 is 11.3 Å². The van der Waals surface area contributed by atoms with Gasteiger partial charge in [-0.05, 0) is 51.0 Å². The van der Waals surface area contributed by atoms with Gasteiger partial charge in [0.05, 0.1) is 12.2 Å². The van der Waals surface area contributed by atoms with E-state index in [2.05, 4.69) is 0 Å². The molecule has 4 heterocycles. The summed E-state index contributed by atoms with van der Waals surface area (Å²) >= 11 is 1.18. The van der Waals surface area contributed by atoms with Gasteiger partial charge in [0, 0.05) is 38.6 Å². The molecule has 0 aromatic carbocycles. The van der Waals surface area contributed by atoms with E-state index < -0.39 is 16.1 Å². The highest BCUT2D eigenvalue weighted by Gasteiger charge is 2.42. The Morgan fingerprint density at radius 3 is 2.29 bits per heavy atom. The van der Waals surface area contributed by atoms with Crippen molar-refractivity contribution >= 4 is 33.2 Å². The Bertz CT molecular complexity index is 886. The molecule has 0 spiro atoms. The lowest BCUT2D eigenvalue weighted by molar-refractivity contribution is -0.150. The first kappa shape index (κ1) is 22.7. The average Bonchev–Trinajstić information content (AvgIpc) is 3.44. The number of carbonyl (C=O) groups excluding carboxylic acids is 2. The van der Waals surface area contributed by atoms with Crippen LogP contribution in [0.1, 0.15) is 39.5 Å². The lowest BCUT2D eigenvalue weighted by Crippen LogP contribution is -2.53. The maximum Gasteiger partial charge on any atom is 0.253 e. The van der Waals surface area contributed by atoms with Crippen LogP contribution in [0.25, 0.3) is 0 Å². The van der Waals surface area contributed by atoms with Crippen LogP contribution in [-0.2, 0) is 24.3 Å². The number of hydrogen-bond donors (Lipinski definition) is 0. The number of likely N-dealkylation sites (tertiary alicyclic amines) is 1. The Morgan fingerprint density at radius 1 is 1.00 bits per heavy atom. The molecule has 0 aliphatic carbocycles. The van der Waals surface area contributed by atoms with Crippen molar-refractivity contribution < 1.29 is 22.7 Å². The van der Waals surface area contributed by atoms with Crippen LogP contribution < -0.4 is 0 Å². The lowest BCUT2D eigenvalue weighted by atomic mass is 9.94. The molecule has 8 nitrogen and oxygen atoms in total. The summed E-state index contributed by atoms with van der Waals surface area (Å²) in [5.74, 6) is -0.0647. The van der Waals surface area contributed by atoms with Crippen LogP contribution in [-0.4, -0.2) is 85.3 Å². The highest BCUT2D eigenvalue weighted by Crippen LogP contribution is 2.31. The number of carbonyl (C=O) groups is 2. The van der Waals surface area contributed by atoms with Crippen molar-refractivity contribution in [3.05, 3.63) is 17.5 Å². The minimum absolute atomic E-state index is 0.0352. The number of thiophene rings is 1. The van der Waals surface area contributed by atoms with Gasteiger partial charge in [0.2, 0.25) is 11.8 Å². The smallest absolute Gasteiger partial charge is 0.253 e. The van der Waals surface area contributed by atoms with E-state index in [0.29, 0.717) is 58.4 Å². The monoisotopic (exact) mass is 469 g/mol. The van der Waals surface area contributed by atoms with E-state index in [-0.39, 0.29) is 34.1 Å². The van der Waals surface area contributed by atoms with Crippen LogP contribution in [0.15, 0.2) is 21.7 Å². The summed E-state index contributed by atoms with van der Waals surface area (Å²) in [5.41, 5.74) is 0. The maximum atomic E-state index is 13.2. The molecule has 3 aliphatic heterocycles. The van der Waals surface area contributed by atoms with E-state index in [0.717, 1.165) is 0 Å². The predicted molar refractivity (Wildman–Crippen MR) is 117 cm³/mol. The van der Waals surface area contributed by atoms with Gasteiger partial charge in [0.1, 0.15) is 10.3 Å². The van der Waals surface area contributed by atoms with Gasteiger partial charge in [-0.25, -0.2) is 8.42 Å². The second-order valence-corrected chi connectivity index (χ2v) is 11.9. The fourth-order valence-corrected chi connectivity index (χ4v) is 7.74. The molecule has 10 heteroatoms. The summed E-state index contributed by atoms with van der Waals surface area (Å²) in [7, 11) is -3.65. The molecular formula is C21H31N3O5S2. The van der Waals surface area contributed by atoms with Crippen molar-refractivity contribution in [2.45, 2.75) is 62.0 Å². The molecule has 1 aromatic heterocycles. The van der Waals surface area contributed by atoms with Gasteiger partial charge < -0.3 is 14.5 Å². The number of rotatable bonds is 4. The largest absolute Gasteiger partial charge is 0.372 e. The molecule has 1 aromatic rings. The van der Waals surface area contributed by atoms with Crippen LogP contribution in [0.3, 0.4) is 0 Å². The molecular weight excluding hydrogens is 438 g/mol. The molecule has 2 amide bonds. The molecule has 0 bridgehead atoms. The molecule has 172 valence electrons. The van der Waals surface area contributed by atoms with Crippen LogP contribution in [0.5, 0.6) is 0 Å². The Balaban J connectivity index is 1.36. The zero-order valence-corrected chi connectivity index (χ0v) is 19.7. The standard InChI is InChI=1S/C21H31N3O5S2/c1-15-13-23(14-16(2)29-15)20(25)17-7-10-22(11-8-17)21(26)18-5-3-9-24(18)31(27,28)19-6-4-12-30-19/h4,6,12,15-18H,3,5,7-11,13-14H2,1-2H3. The van der Waals surface area contributed by atoms with Gasteiger partial charge >= 0.3 is 0 Å². The van der Waals surface area contributed by atoms with Crippen molar-refractivity contribution in [2.24, 2.45) is 5.92 Å². The molecule has 3 saturated heterocycles. The normalized spacial score (nSPS) is 28.8. The first-order valence-electron chi connectivity index (χ1n) is 11.1. The van der Waals surface area contributed by atoms with Gasteiger partial charge in [-0.1, -0.05) is 6.07 Å². The van der Waals surface area contributed by atoms with Gasteiger partial charge in [0.25, 0.3) is 10.0 Å². The molecule has 3 atom stereocenters. The number of morpholine rings is 1. The second-order valence-electron chi connectivity index (χ2n) is 8.81. The number of hydrogen-bond acceptors (Lipinski definition) is 6. The Hall–Kier alpha value is -1.49. The minimum Gasteiger partial charge on any atom is -0.372 e. The highest BCUT2D eigenvalue weighted by molar-refractivity contribution is 7.91. The van der Waals surface area contributed by atoms with Crippen molar-refractivity contribution in [2.75, 3.05) is 32.7 Å². The summed E-state index contributed by atoms with van der Waals surface area (Å²) in [6.45, 7) is 6.55. The summed E-state index contributed by atoms with van der Waals surface area (Å²) in [5, 5.41) is 1.73. The number of piperidine rings is 1. The van der Waals surface area contributed by atoms with Crippen molar-refractivity contribution in [3.63, 3.8) is 0 Å². The topological polar surface area (TPSA) is 87.2 Å². The van der Waals surface area contributed by atoms with Gasteiger partial charge in [0.15, 0.2) is 0 Å². The molecule has 3 unspecified atom stereocenters. The molecule has 0 N–H and O–H groups in total. The number of sulfonamides is 1. The van der Waals surface area contributed by atoms with Crippen molar-refractivity contribution in [3.8, 4) is 0 Å². The Kier molecular flexibility index (Phi) is 6.71. The number of ether oxygens (including phenoxy) is 1. The fourth-order valence-electron chi connectivity index (χ4n) is 4.97. The third-order valence-electron chi connectivity index (χ3n) is 6.43.